The number of rotatable bonds is 2. The van der Waals surface area contributed by atoms with Crippen LogP contribution in [-0.4, -0.2) is 42.9 Å². The first-order chi connectivity index (χ1) is 10.2. The van der Waals surface area contributed by atoms with Crippen LogP contribution in [0.1, 0.15) is 24.0 Å². The van der Waals surface area contributed by atoms with Gasteiger partial charge in [0.05, 0.1) is 20.3 Å². The van der Waals surface area contributed by atoms with Gasteiger partial charge in [0.1, 0.15) is 0 Å². The number of aliphatic hydroxyl groups excluding tert-OH is 1. The van der Waals surface area contributed by atoms with Gasteiger partial charge in [-0.15, -0.1) is 0 Å². The molecule has 21 heavy (non-hydrogen) atoms. The van der Waals surface area contributed by atoms with E-state index in [1.807, 2.05) is 6.08 Å². The Labute approximate surface area is 125 Å². The summed E-state index contributed by atoms with van der Waals surface area (Å²) in [5, 5.41) is 9.98. The molecular weight excluding hydrogens is 266 g/mol. The third-order valence-corrected chi connectivity index (χ3v) is 5.41. The van der Waals surface area contributed by atoms with Gasteiger partial charge in [0.25, 0.3) is 0 Å². The Morgan fingerprint density at radius 1 is 1.24 bits per heavy atom. The molecule has 0 saturated carbocycles. The SMILES string of the molecule is COc1cc2c(cc1OC)C13C=CC(O)CC1N(CC3)C2. The summed E-state index contributed by atoms with van der Waals surface area (Å²) < 4.78 is 10.9. The molecule has 4 nitrogen and oxygen atoms in total. The molecule has 4 atom stereocenters. The molecule has 4 rings (SSSR count). The van der Waals surface area contributed by atoms with Crippen molar-refractivity contribution in [1.82, 2.24) is 4.90 Å². The lowest BCUT2D eigenvalue weighted by Gasteiger charge is -2.45. The second-order valence-corrected chi connectivity index (χ2v) is 6.30. The van der Waals surface area contributed by atoms with E-state index < -0.39 is 0 Å². The number of hydrogen-bond donors (Lipinski definition) is 1. The minimum Gasteiger partial charge on any atom is -0.493 e. The first-order valence-electron chi connectivity index (χ1n) is 7.55. The van der Waals surface area contributed by atoms with Gasteiger partial charge in [0.15, 0.2) is 11.5 Å². The Kier molecular flexibility index (Phi) is 2.81. The fraction of sp³-hybridized carbons (Fsp3) is 0.529. The third kappa shape index (κ3) is 1.69. The van der Waals surface area contributed by atoms with Crippen molar-refractivity contribution in [1.29, 1.82) is 0 Å². The summed E-state index contributed by atoms with van der Waals surface area (Å²) in [4.78, 5) is 2.50. The number of benzene rings is 1. The van der Waals surface area contributed by atoms with Crippen molar-refractivity contribution in [3.05, 3.63) is 35.4 Å². The van der Waals surface area contributed by atoms with E-state index in [2.05, 4.69) is 23.1 Å². The van der Waals surface area contributed by atoms with Crippen LogP contribution in [0.15, 0.2) is 24.3 Å². The van der Waals surface area contributed by atoms with E-state index >= 15 is 0 Å². The summed E-state index contributed by atoms with van der Waals surface area (Å²) in [6, 6.07) is 4.66. The molecule has 0 amide bonds. The average Bonchev–Trinajstić information content (AvgIpc) is 2.78. The van der Waals surface area contributed by atoms with E-state index in [1.165, 1.54) is 11.1 Å². The first-order valence-corrected chi connectivity index (χ1v) is 7.55. The van der Waals surface area contributed by atoms with Crippen LogP contribution >= 0.6 is 0 Å². The molecular formula is C17H21NO3. The van der Waals surface area contributed by atoms with Crippen LogP contribution in [0.3, 0.4) is 0 Å². The normalized spacial score (nSPS) is 36.0. The Hall–Kier alpha value is -1.52. The lowest BCUT2D eigenvalue weighted by atomic mass is 9.66. The van der Waals surface area contributed by atoms with Crippen LogP contribution in [0, 0.1) is 0 Å². The molecule has 1 aromatic carbocycles. The quantitative estimate of drug-likeness (QED) is 0.843. The number of ether oxygens (including phenoxy) is 2. The molecule has 1 aliphatic carbocycles. The maximum Gasteiger partial charge on any atom is 0.161 e. The molecule has 3 aliphatic rings. The van der Waals surface area contributed by atoms with Gasteiger partial charge in [-0.2, -0.15) is 0 Å². The molecule has 1 aromatic rings. The van der Waals surface area contributed by atoms with Gasteiger partial charge in [-0.25, -0.2) is 0 Å². The highest BCUT2D eigenvalue weighted by Gasteiger charge is 2.52. The molecule has 4 heteroatoms. The topological polar surface area (TPSA) is 41.9 Å². The van der Waals surface area contributed by atoms with E-state index in [0.717, 1.165) is 37.4 Å². The fourth-order valence-corrected chi connectivity index (χ4v) is 4.42. The van der Waals surface area contributed by atoms with Gasteiger partial charge >= 0.3 is 0 Å². The standard InChI is InChI=1S/C17H21NO3/c1-20-14-7-11-10-18-6-5-17(13(11)9-15(14)21-2)4-3-12(19)8-16(17)18/h3-4,7,9,12,16,19H,5-6,8,10H2,1-2H3. The zero-order valence-electron chi connectivity index (χ0n) is 12.5. The Balaban J connectivity index is 1.91. The van der Waals surface area contributed by atoms with Crippen LogP contribution < -0.4 is 9.47 Å². The summed E-state index contributed by atoms with van der Waals surface area (Å²) in [6.45, 7) is 2.02. The molecule has 0 spiro atoms. The van der Waals surface area contributed by atoms with Crippen LogP contribution in [0.4, 0.5) is 0 Å². The highest BCUT2D eigenvalue weighted by molar-refractivity contribution is 5.55. The number of aliphatic hydroxyl groups is 1. The fourth-order valence-electron chi connectivity index (χ4n) is 4.42. The smallest absolute Gasteiger partial charge is 0.161 e. The van der Waals surface area contributed by atoms with Crippen LogP contribution in [0.2, 0.25) is 0 Å². The molecule has 4 unspecified atom stereocenters. The summed E-state index contributed by atoms with van der Waals surface area (Å²) in [6.07, 6.45) is 5.82. The molecule has 0 radical (unpaired) electrons. The van der Waals surface area contributed by atoms with Crippen LogP contribution in [-0.2, 0) is 12.0 Å². The third-order valence-electron chi connectivity index (χ3n) is 5.41. The van der Waals surface area contributed by atoms with E-state index in [1.54, 1.807) is 14.2 Å². The summed E-state index contributed by atoms with van der Waals surface area (Å²) in [5.74, 6) is 1.59. The largest absolute Gasteiger partial charge is 0.493 e. The summed E-state index contributed by atoms with van der Waals surface area (Å²) in [7, 11) is 3.36. The molecule has 112 valence electrons. The number of hydrogen-bond acceptors (Lipinski definition) is 4. The minimum atomic E-state index is -0.314. The van der Waals surface area contributed by atoms with Crippen molar-refractivity contribution >= 4 is 0 Å². The van der Waals surface area contributed by atoms with Crippen molar-refractivity contribution in [2.45, 2.75) is 36.9 Å². The first kappa shape index (κ1) is 13.2. The molecule has 2 heterocycles. The van der Waals surface area contributed by atoms with Crippen LogP contribution in [0.25, 0.3) is 0 Å². The van der Waals surface area contributed by atoms with E-state index in [4.69, 9.17) is 9.47 Å². The molecule has 2 aliphatic heterocycles. The number of fused-ring (bicyclic) bond motifs is 1. The molecule has 0 aromatic heterocycles. The highest BCUT2D eigenvalue weighted by atomic mass is 16.5. The summed E-state index contributed by atoms with van der Waals surface area (Å²) >= 11 is 0. The number of methoxy groups -OCH3 is 2. The van der Waals surface area contributed by atoms with Gasteiger partial charge < -0.3 is 14.6 Å². The highest BCUT2D eigenvalue weighted by Crippen LogP contribution is 2.52. The van der Waals surface area contributed by atoms with Gasteiger partial charge in [-0.1, -0.05) is 12.2 Å². The second kappa shape index (κ2) is 4.49. The lowest BCUT2D eigenvalue weighted by Crippen LogP contribution is -2.49. The van der Waals surface area contributed by atoms with Gasteiger partial charge in [-0.05, 0) is 36.1 Å². The van der Waals surface area contributed by atoms with Crippen LogP contribution in [0.5, 0.6) is 11.5 Å². The van der Waals surface area contributed by atoms with E-state index in [9.17, 15) is 5.11 Å². The Morgan fingerprint density at radius 2 is 2.00 bits per heavy atom. The minimum absolute atomic E-state index is 0.0341. The van der Waals surface area contributed by atoms with Crippen molar-refractivity contribution < 1.29 is 14.6 Å². The Bertz CT molecular complexity index is 612. The molecule has 2 bridgehead atoms. The average molecular weight is 287 g/mol. The maximum absolute atomic E-state index is 9.98. The molecule has 1 saturated heterocycles. The monoisotopic (exact) mass is 287 g/mol. The molecule has 1 fully saturated rings. The second-order valence-electron chi connectivity index (χ2n) is 6.30. The maximum atomic E-state index is 9.98. The zero-order valence-corrected chi connectivity index (χ0v) is 12.5. The van der Waals surface area contributed by atoms with E-state index in [0.29, 0.717) is 6.04 Å². The van der Waals surface area contributed by atoms with Crippen molar-refractivity contribution in [2.24, 2.45) is 0 Å². The van der Waals surface area contributed by atoms with E-state index in [-0.39, 0.29) is 11.5 Å². The molecule has 1 N–H and O–H groups in total. The van der Waals surface area contributed by atoms with Crippen molar-refractivity contribution in [3.8, 4) is 11.5 Å². The van der Waals surface area contributed by atoms with Crippen molar-refractivity contribution in [2.75, 3.05) is 20.8 Å². The lowest BCUT2D eigenvalue weighted by molar-refractivity contribution is 0.110. The predicted molar refractivity (Wildman–Crippen MR) is 79.8 cm³/mol. The summed E-state index contributed by atoms with van der Waals surface area (Å²) in [5.41, 5.74) is 2.70. The van der Waals surface area contributed by atoms with Gasteiger partial charge in [0, 0.05) is 24.5 Å². The van der Waals surface area contributed by atoms with Gasteiger partial charge in [-0.3, -0.25) is 4.90 Å². The number of nitrogens with zero attached hydrogens (tertiary/aromatic N) is 1. The Morgan fingerprint density at radius 3 is 2.76 bits per heavy atom. The van der Waals surface area contributed by atoms with Crippen molar-refractivity contribution in [3.63, 3.8) is 0 Å². The zero-order chi connectivity index (χ0) is 14.6. The predicted octanol–water partition coefficient (Wildman–Crippen LogP) is 1.85. The van der Waals surface area contributed by atoms with Gasteiger partial charge in [0.2, 0.25) is 0 Å².